The normalized spacial score (nSPS) is 12.1. The van der Waals surface area contributed by atoms with Gasteiger partial charge in [-0.15, -0.1) is 11.3 Å². The molecule has 2 aromatic rings. The standard InChI is InChI=1S/C13H14N2O3S/c1-7-6-14-13(19-7)8(2)15-12(18)9-3-4-10(16)11(17)5-9/h3-6,8,16-17H,1-2H3,(H,15,18). The number of hydrogen-bond donors (Lipinski definition) is 3. The Morgan fingerprint density at radius 3 is 2.68 bits per heavy atom. The van der Waals surface area contributed by atoms with Crippen LogP contribution in [-0.2, 0) is 0 Å². The fourth-order valence-electron chi connectivity index (χ4n) is 1.58. The quantitative estimate of drug-likeness (QED) is 0.753. The monoisotopic (exact) mass is 278 g/mol. The summed E-state index contributed by atoms with van der Waals surface area (Å²) in [6.07, 6.45) is 1.76. The van der Waals surface area contributed by atoms with E-state index in [4.69, 9.17) is 0 Å². The van der Waals surface area contributed by atoms with Crippen LogP contribution in [0, 0.1) is 6.92 Å². The van der Waals surface area contributed by atoms with Gasteiger partial charge in [0, 0.05) is 16.6 Å². The van der Waals surface area contributed by atoms with E-state index in [1.54, 1.807) is 6.20 Å². The molecule has 100 valence electrons. The van der Waals surface area contributed by atoms with Gasteiger partial charge in [-0.05, 0) is 32.0 Å². The number of aromatic nitrogens is 1. The first-order valence-electron chi connectivity index (χ1n) is 5.72. The molecule has 0 radical (unpaired) electrons. The van der Waals surface area contributed by atoms with Crippen molar-refractivity contribution in [1.82, 2.24) is 10.3 Å². The Balaban J connectivity index is 2.10. The van der Waals surface area contributed by atoms with Crippen LogP contribution in [0.15, 0.2) is 24.4 Å². The number of thiazole rings is 1. The maximum absolute atomic E-state index is 12.0. The van der Waals surface area contributed by atoms with E-state index in [0.29, 0.717) is 0 Å². The molecule has 1 amide bonds. The Morgan fingerprint density at radius 1 is 1.37 bits per heavy atom. The predicted octanol–water partition coefficient (Wildman–Crippen LogP) is 2.35. The Hall–Kier alpha value is -2.08. The number of nitrogens with zero attached hydrogens (tertiary/aromatic N) is 1. The predicted molar refractivity (Wildman–Crippen MR) is 72.5 cm³/mol. The molecule has 5 nitrogen and oxygen atoms in total. The average Bonchev–Trinajstić information content (AvgIpc) is 2.79. The number of hydrogen-bond acceptors (Lipinski definition) is 5. The highest BCUT2D eigenvalue weighted by Crippen LogP contribution is 2.25. The number of phenols is 2. The summed E-state index contributed by atoms with van der Waals surface area (Å²) in [5.41, 5.74) is 0.287. The summed E-state index contributed by atoms with van der Waals surface area (Å²) in [6.45, 7) is 3.80. The van der Waals surface area contributed by atoms with Crippen molar-refractivity contribution in [2.75, 3.05) is 0 Å². The van der Waals surface area contributed by atoms with Crippen LogP contribution < -0.4 is 5.32 Å². The Bertz CT molecular complexity index is 610. The van der Waals surface area contributed by atoms with Gasteiger partial charge in [0.05, 0.1) is 6.04 Å². The lowest BCUT2D eigenvalue weighted by atomic mass is 10.2. The molecule has 0 saturated carbocycles. The van der Waals surface area contributed by atoms with Gasteiger partial charge in [-0.2, -0.15) is 0 Å². The molecule has 1 atom stereocenters. The van der Waals surface area contributed by atoms with Crippen LogP contribution in [0.3, 0.4) is 0 Å². The van der Waals surface area contributed by atoms with Crippen LogP contribution in [0.4, 0.5) is 0 Å². The van der Waals surface area contributed by atoms with Crippen LogP contribution >= 0.6 is 11.3 Å². The number of aryl methyl sites for hydroxylation is 1. The molecule has 1 unspecified atom stereocenters. The van der Waals surface area contributed by atoms with E-state index in [-0.39, 0.29) is 29.0 Å². The molecule has 0 fully saturated rings. The van der Waals surface area contributed by atoms with E-state index in [2.05, 4.69) is 10.3 Å². The van der Waals surface area contributed by atoms with Gasteiger partial charge in [-0.25, -0.2) is 4.98 Å². The third-order valence-corrected chi connectivity index (χ3v) is 3.69. The number of phenolic OH excluding ortho intramolecular Hbond substituents is 2. The molecule has 19 heavy (non-hydrogen) atoms. The summed E-state index contributed by atoms with van der Waals surface area (Å²) in [6, 6.07) is 3.75. The summed E-state index contributed by atoms with van der Waals surface area (Å²) in [4.78, 5) is 17.3. The fraction of sp³-hybridized carbons (Fsp3) is 0.231. The molecule has 6 heteroatoms. The minimum absolute atomic E-state index is 0.206. The second kappa shape index (κ2) is 5.27. The van der Waals surface area contributed by atoms with E-state index in [0.717, 1.165) is 9.88 Å². The van der Waals surface area contributed by atoms with Gasteiger partial charge in [-0.1, -0.05) is 0 Å². The van der Waals surface area contributed by atoms with Crippen LogP contribution in [0.2, 0.25) is 0 Å². The van der Waals surface area contributed by atoms with Gasteiger partial charge >= 0.3 is 0 Å². The molecule has 0 aliphatic heterocycles. The van der Waals surface area contributed by atoms with Crippen molar-refractivity contribution in [3.8, 4) is 11.5 Å². The number of aromatic hydroxyl groups is 2. The Morgan fingerprint density at radius 2 is 2.11 bits per heavy atom. The van der Waals surface area contributed by atoms with Crippen LogP contribution in [0.1, 0.15) is 33.2 Å². The van der Waals surface area contributed by atoms with Gasteiger partial charge in [0.1, 0.15) is 5.01 Å². The first-order chi connectivity index (χ1) is 8.97. The maximum Gasteiger partial charge on any atom is 0.251 e. The van der Waals surface area contributed by atoms with E-state index in [9.17, 15) is 15.0 Å². The molecular weight excluding hydrogens is 264 g/mol. The molecule has 1 aromatic carbocycles. The molecule has 0 aliphatic carbocycles. The second-order valence-corrected chi connectivity index (χ2v) is 5.47. The van der Waals surface area contributed by atoms with E-state index < -0.39 is 0 Å². The molecule has 1 heterocycles. The van der Waals surface area contributed by atoms with Crippen molar-refractivity contribution in [3.05, 3.63) is 39.8 Å². The van der Waals surface area contributed by atoms with E-state index in [1.165, 1.54) is 29.5 Å². The zero-order valence-corrected chi connectivity index (χ0v) is 11.4. The average molecular weight is 278 g/mol. The Kier molecular flexibility index (Phi) is 3.71. The fourth-order valence-corrected chi connectivity index (χ4v) is 2.36. The molecule has 1 aromatic heterocycles. The second-order valence-electron chi connectivity index (χ2n) is 4.21. The van der Waals surface area contributed by atoms with Crippen molar-refractivity contribution >= 4 is 17.2 Å². The summed E-state index contributed by atoms with van der Waals surface area (Å²) in [5.74, 6) is -0.888. The van der Waals surface area contributed by atoms with Gasteiger partial charge in [0.15, 0.2) is 11.5 Å². The van der Waals surface area contributed by atoms with Crippen LogP contribution in [0.5, 0.6) is 11.5 Å². The zero-order valence-electron chi connectivity index (χ0n) is 10.5. The number of benzene rings is 1. The minimum atomic E-state index is -0.323. The molecule has 2 rings (SSSR count). The van der Waals surface area contributed by atoms with E-state index in [1.807, 2.05) is 13.8 Å². The lowest BCUT2D eigenvalue weighted by molar-refractivity contribution is 0.0939. The van der Waals surface area contributed by atoms with Gasteiger partial charge < -0.3 is 15.5 Å². The molecule has 0 bridgehead atoms. The largest absolute Gasteiger partial charge is 0.504 e. The molecule has 0 saturated heterocycles. The summed E-state index contributed by atoms with van der Waals surface area (Å²) in [5, 5.41) is 22.2. The highest BCUT2D eigenvalue weighted by atomic mass is 32.1. The van der Waals surface area contributed by atoms with Crippen molar-refractivity contribution < 1.29 is 15.0 Å². The molecular formula is C13H14N2O3S. The minimum Gasteiger partial charge on any atom is -0.504 e. The molecule has 0 spiro atoms. The smallest absolute Gasteiger partial charge is 0.251 e. The van der Waals surface area contributed by atoms with Crippen molar-refractivity contribution in [1.29, 1.82) is 0 Å². The van der Waals surface area contributed by atoms with Gasteiger partial charge in [0.25, 0.3) is 5.91 Å². The Labute approximate surface area is 114 Å². The maximum atomic E-state index is 12.0. The van der Waals surface area contributed by atoms with Crippen molar-refractivity contribution in [2.24, 2.45) is 0 Å². The van der Waals surface area contributed by atoms with Crippen molar-refractivity contribution in [3.63, 3.8) is 0 Å². The SMILES string of the molecule is Cc1cnc(C(C)NC(=O)c2ccc(O)c(O)c2)s1. The number of carbonyl (C=O) groups excluding carboxylic acids is 1. The van der Waals surface area contributed by atoms with Gasteiger partial charge in [-0.3, -0.25) is 4.79 Å². The number of nitrogens with one attached hydrogen (secondary N) is 1. The topological polar surface area (TPSA) is 82.5 Å². The highest BCUT2D eigenvalue weighted by molar-refractivity contribution is 7.11. The lowest BCUT2D eigenvalue weighted by Crippen LogP contribution is -2.26. The third kappa shape index (κ3) is 3.03. The van der Waals surface area contributed by atoms with Gasteiger partial charge in [0.2, 0.25) is 0 Å². The lowest BCUT2D eigenvalue weighted by Gasteiger charge is -2.11. The number of rotatable bonds is 3. The first-order valence-corrected chi connectivity index (χ1v) is 6.54. The summed E-state index contributed by atoms with van der Waals surface area (Å²) >= 11 is 1.52. The highest BCUT2D eigenvalue weighted by Gasteiger charge is 2.15. The third-order valence-electron chi connectivity index (χ3n) is 2.59. The summed E-state index contributed by atoms with van der Waals surface area (Å²) < 4.78 is 0. The van der Waals surface area contributed by atoms with Crippen LogP contribution in [-0.4, -0.2) is 21.1 Å². The summed E-state index contributed by atoms with van der Waals surface area (Å²) in [7, 11) is 0. The zero-order chi connectivity index (χ0) is 14.0. The number of carbonyl (C=O) groups is 1. The number of amides is 1. The van der Waals surface area contributed by atoms with Crippen LogP contribution in [0.25, 0.3) is 0 Å². The molecule has 0 aliphatic rings. The molecule has 3 N–H and O–H groups in total. The van der Waals surface area contributed by atoms with E-state index >= 15 is 0 Å². The first kappa shape index (κ1) is 13.4. The van der Waals surface area contributed by atoms with Crippen molar-refractivity contribution in [2.45, 2.75) is 19.9 Å².